The Morgan fingerprint density at radius 1 is 1.19 bits per heavy atom. The minimum Gasteiger partial charge on any atom is -0.478 e. The number of aliphatic hydroxyl groups is 1. The molecular weight excluding hydrogens is 276 g/mol. The van der Waals surface area contributed by atoms with E-state index in [1.807, 2.05) is 0 Å². The zero-order valence-electron chi connectivity index (χ0n) is 11.7. The highest BCUT2D eigenvalue weighted by atomic mass is 16.4. The van der Waals surface area contributed by atoms with Gasteiger partial charge in [0.15, 0.2) is 0 Å². The summed E-state index contributed by atoms with van der Waals surface area (Å²) >= 11 is 0. The van der Waals surface area contributed by atoms with Crippen LogP contribution >= 0.6 is 0 Å². The van der Waals surface area contributed by atoms with E-state index in [0.29, 0.717) is 5.69 Å². The summed E-state index contributed by atoms with van der Waals surface area (Å²) in [5.41, 5.74) is 0.621. The molecule has 7 heteroatoms. The first-order valence-electron chi connectivity index (χ1n) is 6.44. The van der Waals surface area contributed by atoms with Crippen LogP contribution < -0.4 is 10.2 Å². The lowest BCUT2D eigenvalue weighted by molar-refractivity contribution is -0.120. The number of rotatable bonds is 7. The van der Waals surface area contributed by atoms with Gasteiger partial charge >= 0.3 is 5.97 Å². The van der Waals surface area contributed by atoms with Crippen LogP contribution in [0.1, 0.15) is 23.7 Å². The zero-order chi connectivity index (χ0) is 15.8. The largest absolute Gasteiger partial charge is 0.478 e. The van der Waals surface area contributed by atoms with Gasteiger partial charge in [-0.15, -0.1) is 0 Å². The number of amides is 2. The predicted octanol–water partition coefficient (Wildman–Crippen LogP) is 0.236. The molecule has 0 radical (unpaired) electrons. The summed E-state index contributed by atoms with van der Waals surface area (Å²) < 4.78 is 0. The van der Waals surface area contributed by atoms with E-state index >= 15 is 0 Å². The molecule has 0 heterocycles. The lowest BCUT2D eigenvalue weighted by Crippen LogP contribution is -2.36. The van der Waals surface area contributed by atoms with E-state index in [9.17, 15) is 14.4 Å². The van der Waals surface area contributed by atoms with Crippen molar-refractivity contribution in [2.45, 2.75) is 13.3 Å². The van der Waals surface area contributed by atoms with Gasteiger partial charge in [-0.2, -0.15) is 0 Å². The smallest absolute Gasteiger partial charge is 0.335 e. The lowest BCUT2D eigenvalue weighted by atomic mass is 10.2. The number of hydrogen-bond acceptors (Lipinski definition) is 4. The van der Waals surface area contributed by atoms with Crippen LogP contribution in [0.4, 0.5) is 5.69 Å². The number of carboxylic acids is 1. The Labute approximate surface area is 122 Å². The molecule has 0 aliphatic rings. The molecule has 0 atom stereocenters. The summed E-state index contributed by atoms with van der Waals surface area (Å²) in [6, 6.07) is 5.80. The maximum atomic E-state index is 12.1. The molecule has 0 aliphatic heterocycles. The number of carboxylic acid groups (broad SMARTS) is 1. The molecular formula is C14H18N2O5. The highest BCUT2D eigenvalue weighted by molar-refractivity contribution is 5.94. The lowest BCUT2D eigenvalue weighted by Gasteiger charge is -2.22. The van der Waals surface area contributed by atoms with Gasteiger partial charge in [-0.25, -0.2) is 4.79 Å². The third-order valence-electron chi connectivity index (χ3n) is 2.76. The summed E-state index contributed by atoms with van der Waals surface area (Å²) in [7, 11) is 0. The molecule has 114 valence electrons. The van der Waals surface area contributed by atoms with E-state index in [0.717, 1.165) is 0 Å². The van der Waals surface area contributed by atoms with Gasteiger partial charge in [0.05, 0.1) is 12.2 Å². The quantitative estimate of drug-likeness (QED) is 0.667. The average Bonchev–Trinajstić information content (AvgIpc) is 2.44. The van der Waals surface area contributed by atoms with Crippen molar-refractivity contribution in [3.63, 3.8) is 0 Å². The van der Waals surface area contributed by atoms with Crippen LogP contribution in [0.25, 0.3) is 0 Å². The Morgan fingerprint density at radius 2 is 1.81 bits per heavy atom. The summed E-state index contributed by atoms with van der Waals surface area (Å²) in [5, 5.41) is 20.4. The number of anilines is 1. The Kier molecular flexibility index (Phi) is 6.35. The number of carbonyl (C=O) groups is 3. The molecule has 1 aromatic rings. The van der Waals surface area contributed by atoms with Gasteiger partial charge in [-0.1, -0.05) is 0 Å². The molecule has 3 N–H and O–H groups in total. The van der Waals surface area contributed by atoms with E-state index in [-0.39, 0.29) is 43.5 Å². The van der Waals surface area contributed by atoms with Crippen LogP contribution in [0.5, 0.6) is 0 Å². The van der Waals surface area contributed by atoms with Crippen molar-refractivity contribution in [2.24, 2.45) is 0 Å². The van der Waals surface area contributed by atoms with Gasteiger partial charge in [-0.3, -0.25) is 9.59 Å². The third kappa shape index (κ3) is 5.23. The number of nitrogens with one attached hydrogen (secondary N) is 1. The van der Waals surface area contributed by atoms with Crippen molar-refractivity contribution in [1.29, 1.82) is 0 Å². The van der Waals surface area contributed by atoms with Gasteiger partial charge < -0.3 is 20.4 Å². The normalized spacial score (nSPS) is 10.0. The zero-order valence-corrected chi connectivity index (χ0v) is 11.7. The van der Waals surface area contributed by atoms with Crippen LogP contribution in [0.3, 0.4) is 0 Å². The summed E-state index contributed by atoms with van der Waals surface area (Å²) in [6.07, 6.45) is 0.0975. The van der Waals surface area contributed by atoms with E-state index in [4.69, 9.17) is 10.2 Å². The first kappa shape index (κ1) is 16.6. The fraction of sp³-hybridized carbons (Fsp3) is 0.357. The van der Waals surface area contributed by atoms with Gasteiger partial charge in [0, 0.05) is 32.1 Å². The minimum atomic E-state index is -1.05. The van der Waals surface area contributed by atoms with E-state index in [2.05, 4.69) is 5.32 Å². The summed E-state index contributed by atoms with van der Waals surface area (Å²) in [4.78, 5) is 35.0. The Morgan fingerprint density at radius 3 is 2.29 bits per heavy atom. The van der Waals surface area contributed by atoms with Gasteiger partial charge in [0.25, 0.3) is 0 Å². The molecule has 2 amide bonds. The average molecular weight is 294 g/mol. The number of benzene rings is 1. The predicted molar refractivity (Wildman–Crippen MR) is 76.1 cm³/mol. The topological polar surface area (TPSA) is 107 Å². The first-order chi connectivity index (χ1) is 9.95. The van der Waals surface area contributed by atoms with Gasteiger partial charge in [-0.05, 0) is 24.3 Å². The van der Waals surface area contributed by atoms with Crippen LogP contribution in [0.2, 0.25) is 0 Å². The van der Waals surface area contributed by atoms with E-state index in [1.165, 1.54) is 36.1 Å². The second kappa shape index (κ2) is 8.01. The molecule has 0 bridgehead atoms. The molecule has 0 saturated carbocycles. The Balaban J connectivity index is 2.77. The van der Waals surface area contributed by atoms with Crippen molar-refractivity contribution in [1.82, 2.24) is 5.32 Å². The highest BCUT2D eigenvalue weighted by Crippen LogP contribution is 2.16. The van der Waals surface area contributed by atoms with Crippen molar-refractivity contribution in [2.75, 3.05) is 24.6 Å². The Bertz CT molecular complexity index is 513. The van der Waals surface area contributed by atoms with Crippen molar-refractivity contribution in [3.05, 3.63) is 29.8 Å². The standard InChI is InChI=1S/C14H18N2O5/c1-10(18)15-7-6-13(19)16(8-9-17)12-4-2-11(3-5-12)14(20)21/h2-5,17H,6-9H2,1H3,(H,15,18)(H,20,21). The van der Waals surface area contributed by atoms with Crippen LogP contribution in [-0.4, -0.2) is 47.7 Å². The molecule has 0 saturated heterocycles. The van der Waals surface area contributed by atoms with Crippen molar-refractivity contribution in [3.8, 4) is 0 Å². The number of aromatic carboxylic acids is 1. The molecule has 1 aromatic carbocycles. The maximum Gasteiger partial charge on any atom is 0.335 e. The molecule has 0 fully saturated rings. The monoisotopic (exact) mass is 294 g/mol. The van der Waals surface area contributed by atoms with Crippen LogP contribution in [0, 0.1) is 0 Å². The van der Waals surface area contributed by atoms with Gasteiger partial charge in [0.1, 0.15) is 0 Å². The first-order valence-corrected chi connectivity index (χ1v) is 6.44. The Hall–Kier alpha value is -2.41. The SMILES string of the molecule is CC(=O)NCCC(=O)N(CCO)c1ccc(C(=O)O)cc1. The minimum absolute atomic E-state index is 0.0975. The third-order valence-corrected chi connectivity index (χ3v) is 2.76. The molecule has 21 heavy (non-hydrogen) atoms. The molecule has 0 aromatic heterocycles. The van der Waals surface area contributed by atoms with E-state index < -0.39 is 5.97 Å². The number of nitrogens with zero attached hydrogens (tertiary/aromatic N) is 1. The van der Waals surface area contributed by atoms with Gasteiger partial charge in [0.2, 0.25) is 11.8 Å². The summed E-state index contributed by atoms with van der Waals surface area (Å²) in [5.74, 6) is -1.53. The van der Waals surface area contributed by atoms with Crippen LogP contribution in [-0.2, 0) is 9.59 Å². The maximum absolute atomic E-state index is 12.1. The molecule has 0 aliphatic carbocycles. The fourth-order valence-corrected chi connectivity index (χ4v) is 1.76. The fourth-order valence-electron chi connectivity index (χ4n) is 1.76. The molecule has 0 unspecified atom stereocenters. The second-order valence-electron chi connectivity index (χ2n) is 4.35. The molecule has 7 nitrogen and oxygen atoms in total. The molecule has 1 rings (SSSR count). The van der Waals surface area contributed by atoms with E-state index in [1.54, 1.807) is 0 Å². The summed E-state index contributed by atoms with van der Waals surface area (Å²) in [6.45, 7) is 1.46. The highest BCUT2D eigenvalue weighted by Gasteiger charge is 2.15. The number of hydrogen-bond donors (Lipinski definition) is 3. The number of aliphatic hydroxyl groups excluding tert-OH is 1. The number of carbonyl (C=O) groups excluding carboxylic acids is 2. The van der Waals surface area contributed by atoms with Crippen molar-refractivity contribution < 1.29 is 24.6 Å². The molecule has 0 spiro atoms. The van der Waals surface area contributed by atoms with Crippen LogP contribution in [0.15, 0.2) is 24.3 Å². The van der Waals surface area contributed by atoms with Crippen molar-refractivity contribution >= 4 is 23.5 Å². The second-order valence-corrected chi connectivity index (χ2v) is 4.35.